The van der Waals surface area contributed by atoms with Crippen molar-refractivity contribution in [2.75, 3.05) is 11.1 Å². The lowest BCUT2D eigenvalue weighted by atomic mass is 9.84. The molecule has 0 aliphatic heterocycles. The predicted octanol–water partition coefficient (Wildman–Crippen LogP) is 1.17. The van der Waals surface area contributed by atoms with Crippen LogP contribution in [0.1, 0.15) is 25.7 Å². The first kappa shape index (κ1) is 12.9. The average molecular weight is 270 g/mol. The molecule has 0 saturated heterocycles. The fourth-order valence-corrected chi connectivity index (χ4v) is 2.53. The van der Waals surface area contributed by atoms with Crippen LogP contribution in [0.4, 0.5) is 11.8 Å². The van der Waals surface area contributed by atoms with E-state index in [1.807, 2.05) is 0 Å². The van der Waals surface area contributed by atoms with Gasteiger partial charge >= 0.3 is 0 Å². The highest BCUT2D eigenvalue weighted by molar-refractivity contribution is 6.29. The number of hydrogen-bond acceptors (Lipinski definition) is 5. The predicted molar refractivity (Wildman–Crippen MR) is 70.0 cm³/mol. The van der Waals surface area contributed by atoms with E-state index in [1.165, 1.54) is 0 Å². The molecule has 2 unspecified atom stereocenters. The van der Waals surface area contributed by atoms with Gasteiger partial charge in [-0.05, 0) is 12.8 Å². The van der Waals surface area contributed by atoms with Crippen LogP contribution < -0.4 is 16.8 Å². The van der Waals surface area contributed by atoms with E-state index in [2.05, 4.69) is 15.3 Å². The highest BCUT2D eigenvalue weighted by Crippen LogP contribution is 2.27. The second-order valence-corrected chi connectivity index (χ2v) is 4.87. The van der Waals surface area contributed by atoms with Crippen LogP contribution in [-0.2, 0) is 4.79 Å². The fraction of sp³-hybridized carbons (Fsp3) is 0.545. The van der Waals surface area contributed by atoms with Crippen LogP contribution in [0, 0.1) is 5.92 Å². The van der Waals surface area contributed by atoms with Crippen molar-refractivity contribution in [2.45, 2.75) is 31.7 Å². The van der Waals surface area contributed by atoms with Gasteiger partial charge in [0, 0.05) is 12.1 Å². The topological polar surface area (TPSA) is 107 Å². The number of primary amides is 1. The van der Waals surface area contributed by atoms with Gasteiger partial charge in [-0.15, -0.1) is 0 Å². The van der Waals surface area contributed by atoms with Gasteiger partial charge < -0.3 is 16.8 Å². The number of nitrogens with one attached hydrogen (secondary N) is 1. The number of carbonyl (C=O) groups excluding carboxylic acids is 1. The van der Waals surface area contributed by atoms with Gasteiger partial charge in [0.2, 0.25) is 11.9 Å². The van der Waals surface area contributed by atoms with Crippen LogP contribution >= 0.6 is 11.6 Å². The normalized spacial score (nSPS) is 23.6. The zero-order valence-corrected chi connectivity index (χ0v) is 10.7. The van der Waals surface area contributed by atoms with Crippen LogP contribution in [0.15, 0.2) is 6.07 Å². The monoisotopic (exact) mass is 269 g/mol. The Balaban J connectivity index is 2.13. The van der Waals surface area contributed by atoms with Crippen molar-refractivity contribution in [2.24, 2.45) is 11.7 Å². The lowest BCUT2D eigenvalue weighted by molar-refractivity contribution is -0.122. The molecule has 98 valence electrons. The summed E-state index contributed by atoms with van der Waals surface area (Å²) in [6.07, 6.45) is 3.78. The van der Waals surface area contributed by atoms with Gasteiger partial charge in [0.1, 0.15) is 11.0 Å². The molecule has 0 bridgehead atoms. The first-order chi connectivity index (χ1) is 8.56. The maximum absolute atomic E-state index is 11.4. The van der Waals surface area contributed by atoms with E-state index >= 15 is 0 Å². The number of aromatic nitrogens is 2. The summed E-state index contributed by atoms with van der Waals surface area (Å²) in [4.78, 5) is 19.2. The van der Waals surface area contributed by atoms with Crippen molar-refractivity contribution in [3.8, 4) is 0 Å². The Morgan fingerprint density at radius 2 is 2.11 bits per heavy atom. The minimum absolute atomic E-state index is 0.0124. The molecule has 5 N–H and O–H groups in total. The second-order valence-electron chi connectivity index (χ2n) is 4.48. The number of amides is 1. The zero-order chi connectivity index (χ0) is 13.1. The van der Waals surface area contributed by atoms with Crippen molar-refractivity contribution in [1.82, 2.24) is 9.97 Å². The maximum atomic E-state index is 11.4. The molecular weight excluding hydrogens is 254 g/mol. The lowest BCUT2D eigenvalue weighted by Gasteiger charge is -2.30. The molecule has 2 atom stereocenters. The van der Waals surface area contributed by atoms with Crippen molar-refractivity contribution >= 4 is 29.3 Å². The molecule has 1 fully saturated rings. The average Bonchev–Trinajstić information content (AvgIpc) is 2.27. The van der Waals surface area contributed by atoms with Gasteiger partial charge in [0.05, 0.1) is 5.92 Å². The molecule has 0 spiro atoms. The standard InChI is InChI=1S/C11H16ClN5O/c12-8-5-9(17-11(14)16-8)15-7-4-2-1-3-6(7)10(13)18/h5-7H,1-4H2,(H2,13,18)(H3,14,15,16,17). The van der Waals surface area contributed by atoms with Crippen molar-refractivity contribution in [3.63, 3.8) is 0 Å². The first-order valence-corrected chi connectivity index (χ1v) is 6.30. The van der Waals surface area contributed by atoms with Crippen molar-refractivity contribution in [3.05, 3.63) is 11.2 Å². The Morgan fingerprint density at radius 1 is 1.39 bits per heavy atom. The molecule has 2 rings (SSSR count). The number of nitrogens with zero attached hydrogens (tertiary/aromatic N) is 2. The molecule has 1 aliphatic carbocycles. The van der Waals surface area contributed by atoms with Gasteiger partial charge in [0.15, 0.2) is 0 Å². The van der Waals surface area contributed by atoms with Crippen LogP contribution in [0.25, 0.3) is 0 Å². The van der Waals surface area contributed by atoms with E-state index in [-0.39, 0.29) is 29.0 Å². The number of nitrogen functional groups attached to an aromatic ring is 1. The highest BCUT2D eigenvalue weighted by Gasteiger charge is 2.29. The molecule has 0 aromatic carbocycles. The fourth-order valence-electron chi connectivity index (χ4n) is 2.34. The maximum Gasteiger partial charge on any atom is 0.223 e. The summed E-state index contributed by atoms with van der Waals surface area (Å²) in [5.74, 6) is 0.191. The Morgan fingerprint density at radius 3 is 2.78 bits per heavy atom. The Kier molecular flexibility index (Phi) is 3.86. The van der Waals surface area contributed by atoms with E-state index in [9.17, 15) is 4.79 Å². The summed E-state index contributed by atoms with van der Waals surface area (Å²) < 4.78 is 0. The van der Waals surface area contributed by atoms with Crippen molar-refractivity contribution in [1.29, 1.82) is 0 Å². The van der Waals surface area contributed by atoms with Gasteiger partial charge in [-0.25, -0.2) is 4.98 Å². The third-order valence-electron chi connectivity index (χ3n) is 3.18. The number of carbonyl (C=O) groups is 1. The summed E-state index contributed by atoms with van der Waals surface area (Å²) >= 11 is 5.80. The van der Waals surface area contributed by atoms with E-state index in [0.29, 0.717) is 5.82 Å². The summed E-state index contributed by atoms with van der Waals surface area (Å²) in [6, 6.07) is 1.58. The van der Waals surface area contributed by atoms with Gasteiger partial charge in [-0.1, -0.05) is 24.4 Å². The van der Waals surface area contributed by atoms with Gasteiger partial charge in [0.25, 0.3) is 0 Å². The highest BCUT2D eigenvalue weighted by atomic mass is 35.5. The largest absolute Gasteiger partial charge is 0.369 e. The van der Waals surface area contributed by atoms with E-state index in [0.717, 1.165) is 25.7 Å². The molecule has 6 nitrogen and oxygen atoms in total. The number of halogens is 1. The molecule has 1 amide bonds. The molecule has 0 radical (unpaired) electrons. The number of nitrogens with two attached hydrogens (primary N) is 2. The Hall–Kier alpha value is -1.56. The van der Waals surface area contributed by atoms with E-state index in [4.69, 9.17) is 23.1 Å². The summed E-state index contributed by atoms with van der Waals surface area (Å²) in [7, 11) is 0. The summed E-state index contributed by atoms with van der Waals surface area (Å²) in [5.41, 5.74) is 10.9. The third kappa shape index (κ3) is 3.01. The number of rotatable bonds is 3. The molecule has 1 aromatic heterocycles. The van der Waals surface area contributed by atoms with Crippen molar-refractivity contribution < 1.29 is 4.79 Å². The van der Waals surface area contributed by atoms with E-state index in [1.54, 1.807) is 6.07 Å². The Labute approximate surface area is 110 Å². The smallest absolute Gasteiger partial charge is 0.223 e. The lowest BCUT2D eigenvalue weighted by Crippen LogP contribution is -2.40. The minimum atomic E-state index is -0.277. The number of anilines is 2. The van der Waals surface area contributed by atoms with Gasteiger partial charge in [-0.3, -0.25) is 4.79 Å². The molecule has 1 aromatic rings. The summed E-state index contributed by atoms with van der Waals surface area (Å²) in [5, 5.41) is 3.45. The third-order valence-corrected chi connectivity index (χ3v) is 3.37. The molecule has 18 heavy (non-hydrogen) atoms. The van der Waals surface area contributed by atoms with Crippen LogP contribution in [0.3, 0.4) is 0 Å². The Bertz CT molecular complexity index is 433. The molecular formula is C11H16ClN5O. The van der Waals surface area contributed by atoms with Crippen LogP contribution in [0.5, 0.6) is 0 Å². The zero-order valence-electron chi connectivity index (χ0n) is 9.90. The van der Waals surface area contributed by atoms with Crippen LogP contribution in [-0.4, -0.2) is 21.9 Å². The van der Waals surface area contributed by atoms with Crippen LogP contribution in [0.2, 0.25) is 5.15 Å². The quantitative estimate of drug-likeness (QED) is 0.714. The van der Waals surface area contributed by atoms with Gasteiger partial charge in [-0.2, -0.15) is 4.98 Å². The molecule has 1 heterocycles. The first-order valence-electron chi connectivity index (χ1n) is 5.92. The summed E-state index contributed by atoms with van der Waals surface area (Å²) in [6.45, 7) is 0. The molecule has 1 saturated carbocycles. The minimum Gasteiger partial charge on any atom is -0.369 e. The van der Waals surface area contributed by atoms with E-state index < -0.39 is 0 Å². The number of hydrogen-bond donors (Lipinski definition) is 3. The molecule has 7 heteroatoms. The molecule has 1 aliphatic rings. The SMILES string of the molecule is NC(=O)C1CCCCC1Nc1cc(Cl)nc(N)n1. The second kappa shape index (κ2) is 5.39.